The van der Waals surface area contributed by atoms with E-state index in [9.17, 15) is 19.2 Å². The Hall–Kier alpha value is -3.66. The van der Waals surface area contributed by atoms with E-state index in [4.69, 9.17) is 9.84 Å². The molecule has 1 aliphatic heterocycles. The number of rotatable bonds is 7. The smallest absolute Gasteiger partial charge is 0.338 e. The number of carbonyl (C=O) groups is 4. The summed E-state index contributed by atoms with van der Waals surface area (Å²) < 4.78 is 4.97. The average molecular weight is 470 g/mol. The van der Waals surface area contributed by atoms with Gasteiger partial charge in [-0.1, -0.05) is 11.8 Å². The highest BCUT2D eigenvalue weighted by molar-refractivity contribution is 8.15. The minimum Gasteiger partial charge on any atom is -0.478 e. The van der Waals surface area contributed by atoms with Crippen LogP contribution < -0.4 is 5.32 Å². The van der Waals surface area contributed by atoms with Crippen LogP contribution in [-0.2, 0) is 14.3 Å². The van der Waals surface area contributed by atoms with Crippen molar-refractivity contribution in [1.82, 2.24) is 4.90 Å². The lowest BCUT2D eigenvalue weighted by Crippen LogP contribution is -2.45. The fraction of sp³-hybridized carbons (Fsp3) is 0.261. The zero-order valence-electron chi connectivity index (χ0n) is 18.1. The quantitative estimate of drug-likeness (QED) is 0.594. The van der Waals surface area contributed by atoms with Crippen LogP contribution in [0.3, 0.4) is 0 Å². The number of carboxylic acid groups (broad SMARTS) is 1. The monoisotopic (exact) mass is 469 g/mol. The van der Waals surface area contributed by atoms with Crippen LogP contribution in [0.5, 0.6) is 0 Å². The minimum atomic E-state index is -1.06. The van der Waals surface area contributed by atoms with E-state index < -0.39 is 17.2 Å². The Kier molecular flexibility index (Phi) is 7.83. The average Bonchev–Trinajstić information content (AvgIpc) is 2.80. The van der Waals surface area contributed by atoms with Gasteiger partial charge in [-0.3, -0.25) is 14.5 Å². The Bertz CT molecular complexity index is 1080. The molecule has 9 nitrogen and oxygen atoms in total. The Labute approximate surface area is 194 Å². The van der Waals surface area contributed by atoms with E-state index in [0.717, 1.165) is 0 Å². The maximum Gasteiger partial charge on any atom is 0.338 e. The van der Waals surface area contributed by atoms with E-state index in [-0.39, 0.29) is 30.4 Å². The van der Waals surface area contributed by atoms with Crippen molar-refractivity contribution in [3.63, 3.8) is 0 Å². The molecule has 2 amide bonds. The van der Waals surface area contributed by atoms with Crippen molar-refractivity contribution in [2.45, 2.75) is 25.5 Å². The minimum absolute atomic E-state index is 0.0123. The second-order valence-electron chi connectivity index (χ2n) is 6.98. The van der Waals surface area contributed by atoms with Crippen LogP contribution in [0.4, 0.5) is 11.4 Å². The van der Waals surface area contributed by atoms with Crippen LogP contribution in [0.2, 0.25) is 0 Å². The number of aliphatic imine (C=N–C) groups is 1. The second kappa shape index (κ2) is 10.8. The van der Waals surface area contributed by atoms with Crippen molar-refractivity contribution in [2.75, 3.05) is 18.5 Å². The molecule has 2 aromatic carbocycles. The molecule has 0 saturated carbocycles. The molecule has 0 spiro atoms. The zero-order chi connectivity index (χ0) is 24.0. The second-order valence-corrected chi connectivity index (χ2v) is 8.15. The third kappa shape index (κ3) is 5.98. The number of aromatic carboxylic acids is 1. The third-order valence-electron chi connectivity index (χ3n) is 4.75. The van der Waals surface area contributed by atoms with Gasteiger partial charge < -0.3 is 15.2 Å². The first-order chi connectivity index (χ1) is 15.8. The third-order valence-corrected chi connectivity index (χ3v) is 5.94. The lowest BCUT2D eigenvalue weighted by molar-refractivity contribution is -0.129. The van der Waals surface area contributed by atoms with Crippen LogP contribution in [0.1, 0.15) is 41.0 Å². The largest absolute Gasteiger partial charge is 0.478 e. The van der Waals surface area contributed by atoms with Gasteiger partial charge in [0.25, 0.3) is 0 Å². The molecule has 0 aromatic heterocycles. The van der Waals surface area contributed by atoms with Gasteiger partial charge >= 0.3 is 11.9 Å². The maximum atomic E-state index is 12.8. The number of nitrogens with zero attached hydrogens (tertiary/aromatic N) is 2. The van der Waals surface area contributed by atoms with Gasteiger partial charge in [0.15, 0.2) is 5.17 Å². The number of thioether (sulfide) groups is 1. The SMILES string of the molecule is CCOC(=O)c1ccc(N=C2S[C@@H](C(=O)Nc3ccc(C(=O)O)cc3)CC(=O)N2CC)cc1. The molecule has 1 saturated heterocycles. The van der Waals surface area contributed by atoms with Crippen molar-refractivity contribution in [3.8, 4) is 0 Å². The van der Waals surface area contributed by atoms with Crippen molar-refractivity contribution >= 4 is 52.1 Å². The molecule has 10 heteroatoms. The molecular weight excluding hydrogens is 446 g/mol. The van der Waals surface area contributed by atoms with Gasteiger partial charge in [0, 0.05) is 18.7 Å². The summed E-state index contributed by atoms with van der Waals surface area (Å²) >= 11 is 1.17. The molecule has 33 heavy (non-hydrogen) atoms. The van der Waals surface area contributed by atoms with E-state index >= 15 is 0 Å². The van der Waals surface area contributed by atoms with Gasteiger partial charge in [-0.05, 0) is 62.4 Å². The summed E-state index contributed by atoms with van der Waals surface area (Å²) in [6.45, 7) is 4.23. The van der Waals surface area contributed by atoms with Crippen LogP contribution >= 0.6 is 11.8 Å². The summed E-state index contributed by atoms with van der Waals surface area (Å²) in [7, 11) is 0. The normalized spacial score (nSPS) is 17.0. The van der Waals surface area contributed by atoms with Gasteiger partial charge in [-0.25, -0.2) is 14.6 Å². The van der Waals surface area contributed by atoms with Gasteiger partial charge in [0.2, 0.25) is 11.8 Å². The highest BCUT2D eigenvalue weighted by Crippen LogP contribution is 2.30. The first-order valence-electron chi connectivity index (χ1n) is 10.3. The van der Waals surface area contributed by atoms with Gasteiger partial charge in [0.1, 0.15) is 5.25 Å². The van der Waals surface area contributed by atoms with Crippen LogP contribution in [0.25, 0.3) is 0 Å². The van der Waals surface area contributed by atoms with Gasteiger partial charge in [-0.2, -0.15) is 0 Å². The number of carboxylic acids is 1. The van der Waals surface area contributed by atoms with Crippen LogP contribution in [0, 0.1) is 0 Å². The molecule has 3 rings (SSSR count). The number of amidine groups is 1. The standard InChI is InChI=1S/C23H23N3O6S/c1-3-26-19(27)13-18(20(28)24-16-9-5-14(6-10-16)21(29)30)33-23(26)25-17-11-7-15(8-12-17)22(31)32-4-2/h5-12,18H,3-4,13H2,1-2H3,(H,24,28)(H,29,30)/t18-/m1/s1. The van der Waals surface area contributed by atoms with Crippen molar-refractivity contribution < 1.29 is 29.0 Å². The first kappa shape index (κ1) is 24.0. The number of hydrogen-bond donors (Lipinski definition) is 2. The molecule has 172 valence electrons. The number of amides is 2. The summed E-state index contributed by atoms with van der Waals surface area (Å²) in [6, 6.07) is 12.2. The Morgan fingerprint density at radius 2 is 1.73 bits per heavy atom. The molecule has 0 unspecified atom stereocenters. The number of esters is 1. The van der Waals surface area contributed by atoms with Crippen LogP contribution in [-0.4, -0.2) is 57.3 Å². The van der Waals surface area contributed by atoms with Gasteiger partial charge in [0.05, 0.1) is 23.4 Å². The predicted octanol–water partition coefficient (Wildman–Crippen LogP) is 3.54. The lowest BCUT2D eigenvalue weighted by atomic mass is 10.2. The predicted molar refractivity (Wildman–Crippen MR) is 125 cm³/mol. The van der Waals surface area contributed by atoms with E-state index in [0.29, 0.717) is 28.7 Å². The highest BCUT2D eigenvalue weighted by Gasteiger charge is 2.35. The summed E-state index contributed by atoms with van der Waals surface area (Å²) in [5.74, 6) is -2.09. The number of ether oxygens (including phenoxy) is 1. The fourth-order valence-electron chi connectivity index (χ4n) is 3.07. The number of carbonyl (C=O) groups excluding carboxylic acids is 3. The highest BCUT2D eigenvalue weighted by atomic mass is 32.2. The van der Waals surface area contributed by atoms with Crippen molar-refractivity contribution in [3.05, 3.63) is 59.7 Å². The number of benzene rings is 2. The maximum absolute atomic E-state index is 12.8. The van der Waals surface area contributed by atoms with Crippen LogP contribution in [0.15, 0.2) is 53.5 Å². The molecule has 1 fully saturated rings. The molecule has 1 heterocycles. The first-order valence-corrected chi connectivity index (χ1v) is 11.2. The van der Waals surface area contributed by atoms with E-state index in [1.54, 1.807) is 31.2 Å². The number of hydrogen-bond acceptors (Lipinski definition) is 7. The lowest BCUT2D eigenvalue weighted by Gasteiger charge is -2.30. The molecule has 0 aliphatic carbocycles. The van der Waals surface area contributed by atoms with Gasteiger partial charge in [-0.15, -0.1) is 0 Å². The molecule has 0 bridgehead atoms. The Morgan fingerprint density at radius 3 is 2.30 bits per heavy atom. The summed E-state index contributed by atoms with van der Waals surface area (Å²) in [6.07, 6.45) is 0.0123. The molecular formula is C23H23N3O6S. The molecule has 1 aliphatic rings. The Balaban J connectivity index is 1.76. The van der Waals surface area contributed by atoms with E-state index in [2.05, 4.69) is 10.3 Å². The Morgan fingerprint density at radius 1 is 1.09 bits per heavy atom. The molecule has 0 radical (unpaired) electrons. The zero-order valence-corrected chi connectivity index (χ0v) is 18.9. The summed E-state index contributed by atoms with van der Waals surface area (Å²) in [5.41, 5.74) is 1.47. The fourth-order valence-corrected chi connectivity index (χ4v) is 4.23. The van der Waals surface area contributed by atoms with E-state index in [1.807, 2.05) is 6.92 Å². The van der Waals surface area contributed by atoms with Crippen molar-refractivity contribution in [1.29, 1.82) is 0 Å². The van der Waals surface area contributed by atoms with E-state index in [1.165, 1.54) is 40.9 Å². The molecule has 2 aromatic rings. The summed E-state index contributed by atoms with van der Waals surface area (Å²) in [5, 5.41) is 11.4. The molecule has 1 atom stereocenters. The number of nitrogens with one attached hydrogen (secondary N) is 1. The number of anilines is 1. The van der Waals surface area contributed by atoms with Crippen molar-refractivity contribution in [2.24, 2.45) is 4.99 Å². The topological polar surface area (TPSA) is 125 Å². The summed E-state index contributed by atoms with van der Waals surface area (Å²) in [4.78, 5) is 54.3. The molecule has 2 N–H and O–H groups in total.